The first-order valence-corrected chi connectivity index (χ1v) is 8.79. The van der Waals surface area contributed by atoms with Crippen LogP contribution in [-0.4, -0.2) is 35.3 Å². The van der Waals surface area contributed by atoms with Crippen LogP contribution in [0.5, 0.6) is 0 Å². The van der Waals surface area contributed by atoms with Crippen molar-refractivity contribution in [3.05, 3.63) is 71.8 Å². The second-order valence-electron chi connectivity index (χ2n) is 6.65. The highest BCUT2D eigenvalue weighted by molar-refractivity contribution is 5.92. The molecule has 9 heteroatoms. The largest absolute Gasteiger partial charge is 0.347 e. The van der Waals surface area contributed by atoms with E-state index in [0.717, 1.165) is 16.9 Å². The van der Waals surface area contributed by atoms with Gasteiger partial charge in [0.15, 0.2) is 0 Å². The molecule has 0 radical (unpaired) electrons. The molecule has 0 spiro atoms. The fourth-order valence-corrected chi connectivity index (χ4v) is 2.82. The summed E-state index contributed by atoms with van der Waals surface area (Å²) in [5, 5.41) is 11.2. The first-order valence-electron chi connectivity index (χ1n) is 8.79. The summed E-state index contributed by atoms with van der Waals surface area (Å²) in [4.78, 5) is 20.9. The molecule has 28 heavy (non-hydrogen) atoms. The molecule has 142 valence electrons. The number of amides is 1. The first kappa shape index (κ1) is 17.8. The number of benzene rings is 1. The quantitative estimate of drug-likeness (QED) is 0.575. The third-order valence-corrected chi connectivity index (χ3v) is 4.28. The van der Waals surface area contributed by atoms with Gasteiger partial charge in [-0.15, -0.1) is 0 Å². The number of nitrogens with one attached hydrogen (secondary N) is 1. The van der Waals surface area contributed by atoms with Gasteiger partial charge in [0.05, 0.1) is 17.6 Å². The second-order valence-corrected chi connectivity index (χ2v) is 6.65. The van der Waals surface area contributed by atoms with Gasteiger partial charge in [0.1, 0.15) is 17.8 Å². The highest BCUT2D eigenvalue weighted by atomic mass is 19.1. The van der Waals surface area contributed by atoms with Crippen molar-refractivity contribution in [1.82, 2.24) is 34.7 Å². The van der Waals surface area contributed by atoms with Crippen LogP contribution in [0.25, 0.3) is 11.5 Å². The average molecular weight is 379 g/mol. The molecule has 0 fully saturated rings. The van der Waals surface area contributed by atoms with Crippen LogP contribution in [0.4, 0.5) is 4.39 Å². The lowest BCUT2D eigenvalue weighted by Gasteiger charge is -2.10. The monoisotopic (exact) mass is 379 g/mol. The zero-order chi connectivity index (χ0) is 19.7. The zero-order valence-corrected chi connectivity index (χ0v) is 15.4. The highest BCUT2D eigenvalue weighted by Gasteiger charge is 2.15. The number of aromatic nitrogens is 6. The van der Waals surface area contributed by atoms with Crippen LogP contribution in [0.3, 0.4) is 0 Å². The van der Waals surface area contributed by atoms with E-state index in [0.29, 0.717) is 5.78 Å². The summed E-state index contributed by atoms with van der Waals surface area (Å²) in [5.41, 5.74) is 2.69. The van der Waals surface area contributed by atoms with E-state index in [4.69, 9.17) is 0 Å². The van der Waals surface area contributed by atoms with Crippen molar-refractivity contribution < 1.29 is 9.18 Å². The number of fused-ring (bicyclic) bond motifs is 1. The van der Waals surface area contributed by atoms with Gasteiger partial charge < -0.3 is 5.32 Å². The summed E-state index contributed by atoms with van der Waals surface area (Å²) in [6, 6.07) is 7.74. The molecule has 0 saturated heterocycles. The minimum absolute atomic E-state index is 0.160. The molecule has 3 aromatic heterocycles. The lowest BCUT2D eigenvalue weighted by molar-refractivity contribution is 0.0946. The van der Waals surface area contributed by atoms with Gasteiger partial charge in [0.25, 0.3) is 11.7 Å². The van der Waals surface area contributed by atoms with E-state index < -0.39 is 0 Å². The molecule has 0 atom stereocenters. The molecular weight excluding hydrogens is 361 g/mol. The van der Waals surface area contributed by atoms with Gasteiger partial charge in [0, 0.05) is 18.3 Å². The summed E-state index contributed by atoms with van der Waals surface area (Å²) in [7, 11) is 0. The van der Waals surface area contributed by atoms with Crippen molar-refractivity contribution >= 4 is 11.7 Å². The van der Waals surface area contributed by atoms with Gasteiger partial charge >= 0.3 is 0 Å². The molecule has 1 aromatic carbocycles. The molecule has 4 aromatic rings. The van der Waals surface area contributed by atoms with Crippen molar-refractivity contribution in [1.29, 1.82) is 0 Å². The van der Waals surface area contributed by atoms with Crippen molar-refractivity contribution in [3.63, 3.8) is 0 Å². The summed E-state index contributed by atoms with van der Waals surface area (Å²) >= 11 is 0. The number of rotatable bonds is 5. The number of halogens is 1. The number of hydrogen-bond donors (Lipinski definition) is 1. The Kier molecular flexibility index (Phi) is 4.56. The van der Waals surface area contributed by atoms with Gasteiger partial charge in [-0.05, 0) is 36.2 Å². The SMILES string of the molecule is CC(C)c1cc(C(=O)NCc2cnn(-c3ccc(F)cc3)c2)nc2ncnn12. The van der Waals surface area contributed by atoms with E-state index in [-0.39, 0.29) is 29.9 Å². The fourth-order valence-electron chi connectivity index (χ4n) is 2.82. The Hall–Kier alpha value is -3.62. The molecule has 0 saturated carbocycles. The molecule has 8 nitrogen and oxygen atoms in total. The van der Waals surface area contributed by atoms with Crippen LogP contribution < -0.4 is 5.32 Å². The van der Waals surface area contributed by atoms with Crippen LogP contribution in [0.1, 0.15) is 41.5 Å². The topological polar surface area (TPSA) is 90.0 Å². The molecule has 0 unspecified atom stereocenters. The van der Waals surface area contributed by atoms with Crippen LogP contribution in [-0.2, 0) is 6.54 Å². The lowest BCUT2D eigenvalue weighted by atomic mass is 10.1. The number of nitrogens with zero attached hydrogens (tertiary/aromatic N) is 6. The van der Waals surface area contributed by atoms with Gasteiger partial charge in [-0.2, -0.15) is 15.2 Å². The van der Waals surface area contributed by atoms with E-state index in [2.05, 4.69) is 25.5 Å². The lowest BCUT2D eigenvalue weighted by Crippen LogP contribution is -2.24. The van der Waals surface area contributed by atoms with Crippen molar-refractivity contribution in [2.45, 2.75) is 26.3 Å². The summed E-state index contributed by atoms with van der Waals surface area (Å²) < 4.78 is 16.3. The minimum Gasteiger partial charge on any atom is -0.347 e. The minimum atomic E-state index is -0.304. The molecule has 4 rings (SSSR count). The molecule has 3 heterocycles. The third kappa shape index (κ3) is 3.46. The molecule has 0 bridgehead atoms. The highest BCUT2D eigenvalue weighted by Crippen LogP contribution is 2.16. The van der Waals surface area contributed by atoms with Crippen LogP contribution in [0.15, 0.2) is 49.1 Å². The predicted molar refractivity (Wildman–Crippen MR) is 99.6 cm³/mol. The standard InChI is InChI=1S/C19H18FN7O/c1-12(2)17-7-16(25-19-22-11-24-27(17)19)18(28)21-8-13-9-23-26(10-13)15-5-3-14(20)4-6-15/h3-7,9-12H,8H2,1-2H3,(H,21,28). The summed E-state index contributed by atoms with van der Waals surface area (Å²) in [6.45, 7) is 4.32. The Balaban J connectivity index is 1.49. The maximum absolute atomic E-state index is 13.0. The molecule has 0 aliphatic heterocycles. The van der Waals surface area contributed by atoms with E-state index >= 15 is 0 Å². The third-order valence-electron chi connectivity index (χ3n) is 4.28. The van der Waals surface area contributed by atoms with Crippen molar-refractivity contribution in [2.24, 2.45) is 0 Å². The first-order chi connectivity index (χ1) is 13.5. The zero-order valence-electron chi connectivity index (χ0n) is 15.4. The van der Waals surface area contributed by atoms with E-state index in [9.17, 15) is 9.18 Å². The molecule has 1 amide bonds. The predicted octanol–water partition coefficient (Wildman–Crippen LogP) is 2.50. The Bertz CT molecular complexity index is 1130. The number of hydrogen-bond acceptors (Lipinski definition) is 5. The molecule has 0 aliphatic carbocycles. The Morgan fingerprint density at radius 2 is 2.00 bits per heavy atom. The van der Waals surface area contributed by atoms with E-state index in [1.807, 2.05) is 13.8 Å². The number of carbonyl (C=O) groups excluding carboxylic acids is 1. The van der Waals surface area contributed by atoms with Gasteiger partial charge in [0.2, 0.25) is 0 Å². The van der Waals surface area contributed by atoms with Crippen molar-refractivity contribution in [2.75, 3.05) is 0 Å². The van der Waals surface area contributed by atoms with Crippen LogP contribution >= 0.6 is 0 Å². The maximum atomic E-state index is 13.0. The molecule has 1 N–H and O–H groups in total. The maximum Gasteiger partial charge on any atom is 0.270 e. The van der Waals surface area contributed by atoms with Gasteiger partial charge in [-0.3, -0.25) is 4.79 Å². The van der Waals surface area contributed by atoms with E-state index in [1.54, 1.807) is 39.8 Å². The van der Waals surface area contributed by atoms with Gasteiger partial charge in [-0.25, -0.2) is 18.6 Å². The van der Waals surface area contributed by atoms with Crippen LogP contribution in [0, 0.1) is 5.82 Å². The summed E-state index contributed by atoms with van der Waals surface area (Å²) in [5.74, 6) is -0.0589. The molecule has 0 aliphatic rings. The van der Waals surface area contributed by atoms with Gasteiger partial charge in [-0.1, -0.05) is 13.8 Å². The normalized spacial score (nSPS) is 11.3. The van der Waals surface area contributed by atoms with E-state index in [1.165, 1.54) is 18.5 Å². The smallest absolute Gasteiger partial charge is 0.270 e. The van der Waals surface area contributed by atoms with Crippen molar-refractivity contribution in [3.8, 4) is 5.69 Å². The Morgan fingerprint density at radius 1 is 1.21 bits per heavy atom. The second kappa shape index (κ2) is 7.18. The summed E-state index contributed by atoms with van der Waals surface area (Å²) in [6.07, 6.45) is 4.85. The average Bonchev–Trinajstić information content (AvgIpc) is 3.35. The Labute approximate surface area is 160 Å². The van der Waals surface area contributed by atoms with Crippen LogP contribution in [0.2, 0.25) is 0 Å². The molecular formula is C19H18FN7O. The number of carbonyl (C=O) groups is 1. The fraction of sp³-hybridized carbons (Fsp3) is 0.211. The Morgan fingerprint density at radius 3 is 2.75 bits per heavy atom.